The molecule has 0 atom stereocenters. The molecule has 0 aliphatic rings. The van der Waals surface area contributed by atoms with E-state index in [1.807, 2.05) is 39.0 Å². The Bertz CT molecular complexity index is 821. The number of halogens is 2. The van der Waals surface area contributed by atoms with Gasteiger partial charge < -0.3 is 10.2 Å². The maximum atomic E-state index is 12.9. The summed E-state index contributed by atoms with van der Waals surface area (Å²) in [5, 5.41) is 3.58. The quantitative estimate of drug-likeness (QED) is 0.742. The Hall–Kier alpha value is -2.04. The third kappa shape index (κ3) is 5.23. The summed E-state index contributed by atoms with van der Waals surface area (Å²) in [6.07, 6.45) is 0.756. The zero-order valence-electron chi connectivity index (χ0n) is 15.1. The topological polar surface area (TPSA) is 49.4 Å². The van der Waals surface area contributed by atoms with Crippen LogP contribution in [-0.2, 0) is 4.79 Å². The fourth-order valence-corrected chi connectivity index (χ4v) is 3.16. The highest BCUT2D eigenvalue weighted by atomic mass is 35.5. The molecule has 2 amide bonds. The average molecular weight is 393 g/mol. The standard InChI is InChI=1S/C20H22Cl2N2O2/c1-4-9-24(20(26)16-7-5-13(2)10-14(16)3)12-19(25)23-18-8-6-15(21)11-17(18)22/h5-8,10-11H,4,9,12H2,1-3H3,(H,23,25). The Kier molecular flexibility index (Phi) is 7.06. The third-order valence-corrected chi connectivity index (χ3v) is 4.48. The van der Waals surface area contributed by atoms with Crippen molar-refractivity contribution in [3.05, 3.63) is 63.1 Å². The van der Waals surface area contributed by atoms with E-state index in [0.29, 0.717) is 27.8 Å². The minimum Gasteiger partial charge on any atom is -0.329 e. The highest BCUT2D eigenvalue weighted by Crippen LogP contribution is 2.25. The molecule has 0 heterocycles. The molecule has 1 N–H and O–H groups in total. The Morgan fingerprint density at radius 1 is 1.08 bits per heavy atom. The molecule has 0 aromatic heterocycles. The van der Waals surface area contributed by atoms with Crippen LogP contribution < -0.4 is 5.32 Å². The largest absolute Gasteiger partial charge is 0.329 e. The first kappa shape index (κ1) is 20.3. The van der Waals surface area contributed by atoms with E-state index in [1.165, 1.54) is 0 Å². The average Bonchev–Trinajstić information content (AvgIpc) is 2.56. The lowest BCUT2D eigenvalue weighted by Gasteiger charge is -2.23. The maximum absolute atomic E-state index is 12.9. The number of aryl methyl sites for hydroxylation is 2. The number of carbonyl (C=O) groups is 2. The molecule has 0 aliphatic carbocycles. The number of rotatable bonds is 6. The first-order chi connectivity index (χ1) is 12.3. The molecule has 2 rings (SSSR count). The number of hydrogen-bond donors (Lipinski definition) is 1. The van der Waals surface area contributed by atoms with Crippen molar-refractivity contribution in [3.8, 4) is 0 Å². The van der Waals surface area contributed by atoms with E-state index in [-0.39, 0.29) is 18.4 Å². The van der Waals surface area contributed by atoms with Gasteiger partial charge in [-0.15, -0.1) is 0 Å². The Balaban J connectivity index is 2.13. The van der Waals surface area contributed by atoms with Crippen LogP contribution in [0.15, 0.2) is 36.4 Å². The molecule has 138 valence electrons. The minimum atomic E-state index is -0.305. The van der Waals surface area contributed by atoms with Gasteiger partial charge in [0.05, 0.1) is 10.7 Å². The number of benzene rings is 2. The van der Waals surface area contributed by atoms with Crippen molar-refractivity contribution in [3.63, 3.8) is 0 Å². The van der Waals surface area contributed by atoms with Crippen molar-refractivity contribution in [1.29, 1.82) is 0 Å². The van der Waals surface area contributed by atoms with Gasteiger partial charge in [-0.25, -0.2) is 0 Å². The van der Waals surface area contributed by atoms with Crippen LogP contribution in [0.25, 0.3) is 0 Å². The van der Waals surface area contributed by atoms with Gasteiger partial charge in [0.15, 0.2) is 0 Å². The van der Waals surface area contributed by atoms with Crippen molar-refractivity contribution < 1.29 is 9.59 Å². The van der Waals surface area contributed by atoms with Crippen LogP contribution >= 0.6 is 23.2 Å². The van der Waals surface area contributed by atoms with Crippen molar-refractivity contribution in [2.45, 2.75) is 27.2 Å². The summed E-state index contributed by atoms with van der Waals surface area (Å²) in [4.78, 5) is 26.8. The zero-order chi connectivity index (χ0) is 19.3. The molecule has 0 unspecified atom stereocenters. The van der Waals surface area contributed by atoms with E-state index >= 15 is 0 Å². The Morgan fingerprint density at radius 2 is 1.81 bits per heavy atom. The van der Waals surface area contributed by atoms with E-state index in [9.17, 15) is 9.59 Å². The van der Waals surface area contributed by atoms with Crippen LogP contribution in [0.5, 0.6) is 0 Å². The van der Waals surface area contributed by atoms with Crippen molar-refractivity contribution in [2.75, 3.05) is 18.4 Å². The van der Waals surface area contributed by atoms with Crippen LogP contribution in [0, 0.1) is 13.8 Å². The fourth-order valence-electron chi connectivity index (χ4n) is 2.70. The van der Waals surface area contributed by atoms with E-state index in [4.69, 9.17) is 23.2 Å². The molecule has 26 heavy (non-hydrogen) atoms. The van der Waals surface area contributed by atoms with E-state index in [0.717, 1.165) is 17.5 Å². The monoisotopic (exact) mass is 392 g/mol. The van der Waals surface area contributed by atoms with E-state index in [2.05, 4.69) is 5.32 Å². The first-order valence-electron chi connectivity index (χ1n) is 8.43. The number of amides is 2. The molecule has 0 radical (unpaired) electrons. The number of hydrogen-bond acceptors (Lipinski definition) is 2. The Labute approximate surface area is 164 Å². The molecular weight excluding hydrogens is 371 g/mol. The summed E-state index contributed by atoms with van der Waals surface area (Å²) in [5.41, 5.74) is 3.08. The van der Waals surface area contributed by atoms with Gasteiger partial charge >= 0.3 is 0 Å². The molecule has 6 heteroatoms. The molecule has 2 aromatic rings. The maximum Gasteiger partial charge on any atom is 0.254 e. The molecular formula is C20H22Cl2N2O2. The molecule has 0 spiro atoms. The summed E-state index contributed by atoms with van der Waals surface area (Å²) in [5.74, 6) is -0.456. The second kappa shape index (κ2) is 9.06. The van der Waals surface area contributed by atoms with Gasteiger partial charge in [0.1, 0.15) is 6.54 Å². The van der Waals surface area contributed by atoms with Crippen LogP contribution in [0.3, 0.4) is 0 Å². The van der Waals surface area contributed by atoms with Crippen molar-refractivity contribution in [1.82, 2.24) is 4.90 Å². The van der Waals surface area contributed by atoms with Gasteiger partial charge in [0, 0.05) is 17.1 Å². The SMILES string of the molecule is CCCN(CC(=O)Nc1ccc(Cl)cc1Cl)C(=O)c1ccc(C)cc1C. The summed E-state index contributed by atoms with van der Waals surface area (Å²) in [6.45, 7) is 6.30. The first-order valence-corrected chi connectivity index (χ1v) is 9.18. The third-order valence-electron chi connectivity index (χ3n) is 3.93. The van der Waals surface area contributed by atoms with Crippen LogP contribution in [-0.4, -0.2) is 29.8 Å². The van der Waals surface area contributed by atoms with Crippen LogP contribution in [0.4, 0.5) is 5.69 Å². The molecule has 0 saturated heterocycles. The van der Waals surface area contributed by atoms with Gasteiger partial charge in [0.25, 0.3) is 5.91 Å². The second-order valence-corrected chi connectivity index (χ2v) is 7.06. The van der Waals surface area contributed by atoms with Gasteiger partial charge in [-0.1, -0.05) is 47.8 Å². The predicted molar refractivity (Wildman–Crippen MR) is 107 cm³/mol. The van der Waals surface area contributed by atoms with Gasteiger partial charge in [-0.3, -0.25) is 9.59 Å². The normalized spacial score (nSPS) is 10.5. The number of nitrogens with one attached hydrogen (secondary N) is 1. The number of nitrogens with zero attached hydrogens (tertiary/aromatic N) is 1. The summed E-state index contributed by atoms with van der Waals surface area (Å²) in [6, 6.07) is 10.5. The number of anilines is 1. The number of carbonyl (C=O) groups excluding carboxylic acids is 2. The lowest BCUT2D eigenvalue weighted by atomic mass is 10.0. The smallest absolute Gasteiger partial charge is 0.254 e. The molecule has 2 aromatic carbocycles. The highest BCUT2D eigenvalue weighted by Gasteiger charge is 2.20. The second-order valence-electron chi connectivity index (χ2n) is 6.22. The predicted octanol–water partition coefficient (Wildman–Crippen LogP) is 5.10. The van der Waals surface area contributed by atoms with Gasteiger partial charge in [-0.2, -0.15) is 0 Å². The summed E-state index contributed by atoms with van der Waals surface area (Å²) >= 11 is 11.9. The van der Waals surface area contributed by atoms with Crippen LogP contribution in [0.2, 0.25) is 10.0 Å². The summed E-state index contributed by atoms with van der Waals surface area (Å²) < 4.78 is 0. The molecule has 0 fully saturated rings. The minimum absolute atomic E-state index is 0.0427. The Morgan fingerprint density at radius 3 is 2.42 bits per heavy atom. The molecule has 0 aliphatic heterocycles. The van der Waals surface area contributed by atoms with Crippen LogP contribution in [0.1, 0.15) is 34.8 Å². The zero-order valence-corrected chi connectivity index (χ0v) is 16.6. The lowest BCUT2D eigenvalue weighted by molar-refractivity contribution is -0.116. The molecule has 0 bridgehead atoms. The van der Waals surface area contributed by atoms with Gasteiger partial charge in [0.2, 0.25) is 5.91 Å². The van der Waals surface area contributed by atoms with Gasteiger partial charge in [-0.05, 0) is 50.1 Å². The lowest BCUT2D eigenvalue weighted by Crippen LogP contribution is -2.38. The molecule has 4 nitrogen and oxygen atoms in total. The molecule has 0 saturated carbocycles. The fraction of sp³-hybridized carbons (Fsp3) is 0.300. The summed E-state index contributed by atoms with van der Waals surface area (Å²) in [7, 11) is 0. The van der Waals surface area contributed by atoms with E-state index in [1.54, 1.807) is 23.1 Å². The van der Waals surface area contributed by atoms with E-state index < -0.39 is 0 Å². The van der Waals surface area contributed by atoms with Crippen molar-refractivity contribution >= 4 is 40.7 Å². The highest BCUT2D eigenvalue weighted by molar-refractivity contribution is 6.36. The van der Waals surface area contributed by atoms with Crippen molar-refractivity contribution in [2.24, 2.45) is 0 Å².